The van der Waals surface area contributed by atoms with Gasteiger partial charge in [-0.05, 0) is 62.1 Å². The first-order chi connectivity index (χ1) is 15.0. The molecule has 0 spiro atoms. The minimum absolute atomic E-state index is 0.171. The Kier molecular flexibility index (Phi) is 7.62. The summed E-state index contributed by atoms with van der Waals surface area (Å²) in [5.41, 5.74) is 3.41. The summed E-state index contributed by atoms with van der Waals surface area (Å²) >= 11 is 12.1. The second-order valence-electron chi connectivity index (χ2n) is 7.74. The van der Waals surface area contributed by atoms with E-state index < -0.39 is 22.0 Å². The molecular weight excluding hydrogens is 467 g/mol. The number of anilines is 1. The quantitative estimate of drug-likeness (QED) is 0.462. The van der Waals surface area contributed by atoms with Crippen molar-refractivity contribution in [2.24, 2.45) is 0 Å². The zero-order valence-electron chi connectivity index (χ0n) is 17.9. The molecule has 0 bridgehead atoms. The summed E-state index contributed by atoms with van der Waals surface area (Å²) in [5, 5.41) is 3.44. The van der Waals surface area contributed by atoms with Crippen molar-refractivity contribution in [3.63, 3.8) is 0 Å². The van der Waals surface area contributed by atoms with E-state index in [-0.39, 0.29) is 11.3 Å². The monoisotopic (exact) mass is 490 g/mol. The van der Waals surface area contributed by atoms with Crippen LogP contribution in [-0.2, 0) is 21.2 Å². The number of rotatable bonds is 7. The smallest absolute Gasteiger partial charge is 0.242 e. The van der Waals surface area contributed by atoms with Crippen molar-refractivity contribution in [3.05, 3.63) is 93.0 Å². The van der Waals surface area contributed by atoms with Gasteiger partial charge in [0.05, 0.1) is 4.90 Å². The highest BCUT2D eigenvalue weighted by molar-refractivity contribution is 7.89. The largest absolute Gasteiger partial charge is 0.325 e. The summed E-state index contributed by atoms with van der Waals surface area (Å²) in [6.45, 7) is 5.40. The Balaban J connectivity index is 1.94. The van der Waals surface area contributed by atoms with Crippen LogP contribution in [0.3, 0.4) is 0 Å². The Morgan fingerprint density at radius 2 is 1.47 bits per heavy atom. The lowest BCUT2D eigenvalue weighted by Gasteiger charge is -2.21. The first kappa shape index (κ1) is 24.3. The minimum Gasteiger partial charge on any atom is -0.325 e. The minimum atomic E-state index is -3.97. The lowest BCUT2D eigenvalue weighted by molar-refractivity contribution is -0.117. The maximum atomic E-state index is 13.3. The molecule has 2 N–H and O–H groups in total. The average Bonchev–Trinajstić information content (AvgIpc) is 2.66. The summed E-state index contributed by atoms with van der Waals surface area (Å²) in [7, 11) is -3.97. The topological polar surface area (TPSA) is 75.3 Å². The van der Waals surface area contributed by atoms with Gasteiger partial charge in [0.1, 0.15) is 6.04 Å². The number of hydrogen-bond donors (Lipinski definition) is 2. The Hall–Kier alpha value is -2.38. The van der Waals surface area contributed by atoms with Crippen molar-refractivity contribution >= 4 is 44.8 Å². The number of benzene rings is 3. The number of hydrogen-bond acceptors (Lipinski definition) is 3. The highest BCUT2D eigenvalue weighted by Gasteiger charge is 2.28. The molecule has 0 radical (unpaired) electrons. The SMILES string of the molecule is Cc1cc(C)c(S(=O)(=O)N[C@@H](Cc2ccccc2)C(=O)Nc2cc(Cl)cc(Cl)c2)c(C)c1. The van der Waals surface area contributed by atoms with E-state index in [0.717, 1.165) is 11.1 Å². The summed E-state index contributed by atoms with van der Waals surface area (Å²) < 4.78 is 29.2. The van der Waals surface area contributed by atoms with E-state index >= 15 is 0 Å². The van der Waals surface area contributed by atoms with Crippen molar-refractivity contribution in [1.82, 2.24) is 4.72 Å². The van der Waals surface area contributed by atoms with Crippen LogP contribution in [0.1, 0.15) is 22.3 Å². The van der Waals surface area contributed by atoms with E-state index in [1.54, 1.807) is 32.0 Å². The molecule has 0 unspecified atom stereocenters. The van der Waals surface area contributed by atoms with Crippen LogP contribution in [0.5, 0.6) is 0 Å². The van der Waals surface area contributed by atoms with Gasteiger partial charge in [0.25, 0.3) is 0 Å². The Morgan fingerprint density at radius 3 is 2.03 bits per heavy atom. The summed E-state index contributed by atoms with van der Waals surface area (Å²) in [6.07, 6.45) is 0.171. The first-order valence-electron chi connectivity index (χ1n) is 9.96. The molecule has 0 aromatic heterocycles. The molecule has 5 nitrogen and oxygen atoms in total. The highest BCUT2D eigenvalue weighted by atomic mass is 35.5. The van der Waals surface area contributed by atoms with E-state index in [2.05, 4.69) is 10.0 Å². The van der Waals surface area contributed by atoms with E-state index in [0.29, 0.717) is 26.9 Å². The molecule has 0 saturated carbocycles. The molecule has 0 heterocycles. The number of carbonyl (C=O) groups excluding carboxylic acids is 1. The maximum Gasteiger partial charge on any atom is 0.242 e. The van der Waals surface area contributed by atoms with Crippen LogP contribution >= 0.6 is 23.2 Å². The molecule has 32 heavy (non-hydrogen) atoms. The van der Waals surface area contributed by atoms with Crippen molar-refractivity contribution in [2.45, 2.75) is 38.1 Å². The van der Waals surface area contributed by atoms with E-state index in [4.69, 9.17) is 23.2 Å². The van der Waals surface area contributed by atoms with Crippen LogP contribution in [0.4, 0.5) is 5.69 Å². The average molecular weight is 491 g/mol. The first-order valence-corrected chi connectivity index (χ1v) is 12.2. The number of amides is 1. The summed E-state index contributed by atoms with van der Waals surface area (Å²) in [6, 6.07) is 16.4. The zero-order chi connectivity index (χ0) is 23.5. The van der Waals surface area contributed by atoms with Crippen LogP contribution in [0.2, 0.25) is 10.0 Å². The molecule has 3 aromatic rings. The number of halogens is 2. The van der Waals surface area contributed by atoms with E-state index in [9.17, 15) is 13.2 Å². The number of aryl methyl sites for hydroxylation is 3. The third kappa shape index (κ3) is 6.11. The van der Waals surface area contributed by atoms with Gasteiger partial charge >= 0.3 is 0 Å². The number of nitrogens with one attached hydrogen (secondary N) is 2. The van der Waals surface area contributed by atoms with E-state index in [1.807, 2.05) is 49.4 Å². The van der Waals surface area contributed by atoms with Gasteiger partial charge < -0.3 is 5.32 Å². The maximum absolute atomic E-state index is 13.3. The summed E-state index contributed by atoms with van der Waals surface area (Å²) in [4.78, 5) is 13.3. The van der Waals surface area contributed by atoms with Crippen LogP contribution in [0.25, 0.3) is 0 Å². The second-order valence-corrected chi connectivity index (χ2v) is 10.3. The molecule has 0 saturated heterocycles. The van der Waals surface area contributed by atoms with Crippen molar-refractivity contribution in [2.75, 3.05) is 5.32 Å². The Bertz CT molecular complexity index is 1200. The van der Waals surface area contributed by atoms with Crippen LogP contribution in [0, 0.1) is 20.8 Å². The molecule has 3 rings (SSSR count). The van der Waals surface area contributed by atoms with Crippen LogP contribution in [-0.4, -0.2) is 20.4 Å². The molecule has 0 aliphatic carbocycles. The molecular formula is C24H24Cl2N2O3S. The molecule has 168 valence electrons. The Morgan fingerprint density at radius 1 is 0.906 bits per heavy atom. The standard InChI is InChI=1S/C24H24Cl2N2O3S/c1-15-9-16(2)23(17(3)10-15)32(30,31)28-22(11-18-7-5-4-6-8-18)24(29)27-21-13-19(25)12-20(26)14-21/h4-10,12-14,22,28H,11H2,1-3H3,(H,27,29)/t22-/m0/s1. The number of carbonyl (C=O) groups is 1. The Labute approximate surface area is 198 Å². The molecule has 1 amide bonds. The van der Waals surface area contributed by atoms with Gasteiger partial charge in [-0.25, -0.2) is 8.42 Å². The fourth-order valence-corrected chi connectivity index (χ4v) is 5.90. The van der Waals surface area contributed by atoms with Gasteiger partial charge in [-0.15, -0.1) is 0 Å². The zero-order valence-corrected chi connectivity index (χ0v) is 20.3. The van der Waals surface area contributed by atoms with Crippen molar-refractivity contribution in [3.8, 4) is 0 Å². The highest BCUT2D eigenvalue weighted by Crippen LogP contribution is 2.24. The fourth-order valence-electron chi connectivity index (χ4n) is 3.73. The van der Waals surface area contributed by atoms with Gasteiger partial charge in [0, 0.05) is 15.7 Å². The normalized spacial score (nSPS) is 12.4. The molecule has 1 atom stereocenters. The van der Waals surface area contributed by atoms with Gasteiger partial charge in [-0.3, -0.25) is 4.79 Å². The van der Waals surface area contributed by atoms with Gasteiger partial charge in [0.15, 0.2) is 0 Å². The van der Waals surface area contributed by atoms with Gasteiger partial charge in [-0.1, -0.05) is 71.2 Å². The molecule has 8 heteroatoms. The van der Waals surface area contributed by atoms with Crippen molar-refractivity contribution in [1.29, 1.82) is 0 Å². The van der Waals surface area contributed by atoms with E-state index in [1.165, 1.54) is 0 Å². The second kappa shape index (κ2) is 10.0. The molecule has 0 fully saturated rings. The fraction of sp³-hybridized carbons (Fsp3) is 0.208. The predicted molar refractivity (Wildman–Crippen MR) is 130 cm³/mol. The van der Waals surface area contributed by atoms with Gasteiger partial charge in [-0.2, -0.15) is 4.72 Å². The van der Waals surface area contributed by atoms with Crippen molar-refractivity contribution < 1.29 is 13.2 Å². The molecule has 0 aliphatic heterocycles. The van der Waals surface area contributed by atoms with Crippen LogP contribution < -0.4 is 10.0 Å². The predicted octanol–water partition coefficient (Wildman–Crippen LogP) is 5.45. The molecule has 0 aliphatic rings. The lowest BCUT2D eigenvalue weighted by Crippen LogP contribution is -2.45. The van der Waals surface area contributed by atoms with Crippen LogP contribution in [0.15, 0.2) is 65.6 Å². The summed E-state index contributed by atoms with van der Waals surface area (Å²) in [5.74, 6) is -0.516. The molecule has 3 aromatic carbocycles. The third-order valence-electron chi connectivity index (χ3n) is 4.90. The third-order valence-corrected chi connectivity index (χ3v) is 7.11. The number of sulfonamides is 1. The lowest BCUT2D eigenvalue weighted by atomic mass is 10.1. The van der Waals surface area contributed by atoms with Gasteiger partial charge in [0.2, 0.25) is 15.9 Å².